The Morgan fingerprint density at radius 2 is 2.10 bits per heavy atom. The van der Waals surface area contributed by atoms with Gasteiger partial charge in [-0.25, -0.2) is 13.1 Å². The molecule has 2 unspecified atom stereocenters. The molecule has 0 bridgehead atoms. The molecule has 0 spiro atoms. The van der Waals surface area contributed by atoms with Gasteiger partial charge < -0.3 is 10.6 Å². The molecule has 0 aliphatic carbocycles. The molecule has 5 nitrogen and oxygen atoms in total. The topological polar surface area (TPSA) is 75.4 Å². The first-order valence-electron chi connectivity index (χ1n) is 7.01. The second-order valence-electron chi connectivity index (χ2n) is 5.56. The third-order valence-electron chi connectivity index (χ3n) is 3.74. The fourth-order valence-electron chi connectivity index (χ4n) is 2.85. The molecule has 6 heteroatoms. The number of sulfonamides is 1. The first-order valence-corrected chi connectivity index (χ1v) is 8.49. The standard InChI is InChI=1S/C14H23N3O2S/c1-4-16-20(18,19)12-5-6-13(15)14(8-12)17-9-10(2)7-11(17)3/h5-6,8,10-11,16H,4,7,9,15H2,1-3H3. The SMILES string of the molecule is CCNS(=O)(=O)c1ccc(N)c(N2CC(C)CC2C)c1. The van der Waals surface area contributed by atoms with E-state index in [2.05, 4.69) is 23.5 Å². The molecule has 0 radical (unpaired) electrons. The normalized spacial score (nSPS) is 23.2. The molecule has 1 aromatic rings. The summed E-state index contributed by atoms with van der Waals surface area (Å²) in [6.07, 6.45) is 1.10. The van der Waals surface area contributed by atoms with Gasteiger partial charge in [0.25, 0.3) is 0 Å². The number of nitrogen functional groups attached to an aromatic ring is 1. The van der Waals surface area contributed by atoms with Gasteiger partial charge in [-0.3, -0.25) is 0 Å². The summed E-state index contributed by atoms with van der Waals surface area (Å²) in [5.41, 5.74) is 7.48. The van der Waals surface area contributed by atoms with E-state index in [9.17, 15) is 8.42 Å². The van der Waals surface area contributed by atoms with Gasteiger partial charge in [0, 0.05) is 19.1 Å². The van der Waals surface area contributed by atoms with Gasteiger partial charge in [0.1, 0.15) is 0 Å². The zero-order valence-corrected chi connectivity index (χ0v) is 13.1. The van der Waals surface area contributed by atoms with Crippen LogP contribution in [0.5, 0.6) is 0 Å². The number of nitrogens with zero attached hydrogens (tertiary/aromatic N) is 1. The lowest BCUT2D eigenvalue weighted by atomic mass is 10.1. The van der Waals surface area contributed by atoms with Crippen molar-refractivity contribution < 1.29 is 8.42 Å². The minimum Gasteiger partial charge on any atom is -0.397 e. The van der Waals surface area contributed by atoms with Crippen molar-refractivity contribution in [3.05, 3.63) is 18.2 Å². The van der Waals surface area contributed by atoms with Gasteiger partial charge in [-0.05, 0) is 37.5 Å². The molecule has 0 amide bonds. The van der Waals surface area contributed by atoms with Crippen LogP contribution in [0.4, 0.5) is 11.4 Å². The maximum atomic E-state index is 12.1. The Bertz CT molecular complexity index is 586. The molecule has 3 N–H and O–H groups in total. The Morgan fingerprint density at radius 3 is 2.65 bits per heavy atom. The van der Waals surface area contributed by atoms with E-state index >= 15 is 0 Å². The van der Waals surface area contributed by atoms with Crippen LogP contribution in [-0.4, -0.2) is 27.5 Å². The summed E-state index contributed by atoms with van der Waals surface area (Å²) in [5, 5.41) is 0. The molecule has 1 heterocycles. The first kappa shape index (κ1) is 15.1. The average molecular weight is 297 g/mol. The summed E-state index contributed by atoms with van der Waals surface area (Å²) in [6.45, 7) is 7.40. The van der Waals surface area contributed by atoms with Crippen LogP contribution in [0.25, 0.3) is 0 Å². The Kier molecular flexibility index (Phi) is 4.25. The van der Waals surface area contributed by atoms with Crippen molar-refractivity contribution in [3.63, 3.8) is 0 Å². The summed E-state index contributed by atoms with van der Waals surface area (Å²) in [4.78, 5) is 2.47. The van der Waals surface area contributed by atoms with E-state index in [1.165, 1.54) is 0 Å². The van der Waals surface area contributed by atoms with E-state index in [1.807, 2.05) is 0 Å². The molecule has 112 valence electrons. The Labute approximate surface area is 121 Å². The zero-order chi connectivity index (χ0) is 14.9. The van der Waals surface area contributed by atoms with Crippen LogP contribution in [0, 0.1) is 5.92 Å². The molecule has 1 saturated heterocycles. The van der Waals surface area contributed by atoms with Crippen molar-refractivity contribution in [2.24, 2.45) is 5.92 Å². The molecule has 1 fully saturated rings. The van der Waals surface area contributed by atoms with Crippen LogP contribution < -0.4 is 15.4 Å². The summed E-state index contributed by atoms with van der Waals surface area (Å²) >= 11 is 0. The Hall–Kier alpha value is -1.27. The van der Waals surface area contributed by atoms with Gasteiger partial charge in [0.2, 0.25) is 10.0 Å². The molecule has 2 atom stereocenters. The van der Waals surface area contributed by atoms with Crippen LogP contribution >= 0.6 is 0 Å². The molecule has 1 aromatic carbocycles. The highest BCUT2D eigenvalue weighted by molar-refractivity contribution is 7.89. The smallest absolute Gasteiger partial charge is 0.240 e. The van der Waals surface area contributed by atoms with E-state index in [1.54, 1.807) is 25.1 Å². The quantitative estimate of drug-likeness (QED) is 0.831. The second kappa shape index (κ2) is 5.61. The summed E-state index contributed by atoms with van der Waals surface area (Å²) in [5.74, 6) is 0.596. The second-order valence-corrected chi connectivity index (χ2v) is 7.33. The molecule has 20 heavy (non-hydrogen) atoms. The number of anilines is 2. The molecule has 1 aliphatic heterocycles. The van der Waals surface area contributed by atoms with Crippen molar-refractivity contribution in [2.45, 2.75) is 38.1 Å². The summed E-state index contributed by atoms with van der Waals surface area (Å²) in [7, 11) is -3.44. The lowest BCUT2D eigenvalue weighted by molar-refractivity contribution is 0.584. The number of hydrogen-bond donors (Lipinski definition) is 2. The molecule has 2 rings (SSSR count). The zero-order valence-electron chi connectivity index (χ0n) is 12.3. The number of hydrogen-bond acceptors (Lipinski definition) is 4. The summed E-state index contributed by atoms with van der Waals surface area (Å²) in [6, 6.07) is 5.29. The molecule has 0 aromatic heterocycles. The minimum absolute atomic E-state index is 0.273. The number of rotatable bonds is 4. The molecule has 0 saturated carbocycles. The van der Waals surface area contributed by atoms with Crippen LogP contribution in [-0.2, 0) is 10.0 Å². The largest absolute Gasteiger partial charge is 0.397 e. The van der Waals surface area contributed by atoms with Gasteiger partial charge in [-0.2, -0.15) is 0 Å². The highest BCUT2D eigenvalue weighted by Gasteiger charge is 2.28. The van der Waals surface area contributed by atoms with E-state index < -0.39 is 10.0 Å². The maximum Gasteiger partial charge on any atom is 0.240 e. The van der Waals surface area contributed by atoms with Crippen molar-refractivity contribution in [3.8, 4) is 0 Å². The average Bonchev–Trinajstić information content (AvgIpc) is 2.68. The fraction of sp³-hybridized carbons (Fsp3) is 0.571. The van der Waals surface area contributed by atoms with Gasteiger partial charge in [-0.1, -0.05) is 13.8 Å². The van der Waals surface area contributed by atoms with Crippen LogP contribution in [0.3, 0.4) is 0 Å². The molecular weight excluding hydrogens is 274 g/mol. The van der Waals surface area contributed by atoms with Gasteiger partial charge in [0.15, 0.2) is 0 Å². The monoisotopic (exact) mass is 297 g/mol. The van der Waals surface area contributed by atoms with E-state index in [-0.39, 0.29) is 4.90 Å². The lowest BCUT2D eigenvalue weighted by Crippen LogP contribution is -2.28. The van der Waals surface area contributed by atoms with Gasteiger partial charge in [0.05, 0.1) is 16.3 Å². The highest BCUT2D eigenvalue weighted by Crippen LogP contribution is 2.34. The number of nitrogens with one attached hydrogen (secondary N) is 1. The maximum absolute atomic E-state index is 12.1. The van der Waals surface area contributed by atoms with Crippen LogP contribution in [0.1, 0.15) is 27.2 Å². The third-order valence-corrected chi connectivity index (χ3v) is 5.28. The van der Waals surface area contributed by atoms with Gasteiger partial charge in [-0.15, -0.1) is 0 Å². The number of benzene rings is 1. The summed E-state index contributed by atoms with van der Waals surface area (Å²) < 4.78 is 26.7. The minimum atomic E-state index is -3.44. The van der Waals surface area contributed by atoms with Gasteiger partial charge >= 0.3 is 0 Å². The molecular formula is C14H23N3O2S. The molecule has 1 aliphatic rings. The lowest BCUT2D eigenvalue weighted by Gasteiger charge is -2.26. The van der Waals surface area contributed by atoms with Crippen LogP contribution in [0.2, 0.25) is 0 Å². The van der Waals surface area contributed by atoms with Crippen molar-refractivity contribution in [1.29, 1.82) is 0 Å². The predicted molar refractivity (Wildman–Crippen MR) is 82.3 cm³/mol. The van der Waals surface area contributed by atoms with Crippen molar-refractivity contribution >= 4 is 21.4 Å². The fourth-order valence-corrected chi connectivity index (χ4v) is 3.91. The van der Waals surface area contributed by atoms with Crippen molar-refractivity contribution in [1.82, 2.24) is 4.72 Å². The first-order chi connectivity index (χ1) is 9.35. The third kappa shape index (κ3) is 2.91. The Balaban J connectivity index is 2.40. The highest BCUT2D eigenvalue weighted by atomic mass is 32.2. The van der Waals surface area contributed by atoms with E-state index in [4.69, 9.17) is 5.73 Å². The number of nitrogens with two attached hydrogens (primary N) is 1. The van der Waals surface area contributed by atoms with E-state index in [0.29, 0.717) is 24.2 Å². The Morgan fingerprint density at radius 1 is 1.40 bits per heavy atom. The van der Waals surface area contributed by atoms with E-state index in [0.717, 1.165) is 18.7 Å². The van der Waals surface area contributed by atoms with Crippen LogP contribution in [0.15, 0.2) is 23.1 Å². The predicted octanol–water partition coefficient (Wildman–Crippen LogP) is 1.80. The van der Waals surface area contributed by atoms with Crippen molar-refractivity contribution in [2.75, 3.05) is 23.7 Å².